The summed E-state index contributed by atoms with van der Waals surface area (Å²) in [7, 11) is 0. The lowest BCUT2D eigenvalue weighted by Gasteiger charge is -2.34. The number of hydrogen-bond donors (Lipinski definition) is 2. The maximum Gasteiger partial charge on any atom is 0.416 e. The number of hydrogen-bond acceptors (Lipinski definition) is 2. The number of carbonyl (C=O) groups excluding carboxylic acids is 2. The van der Waals surface area contributed by atoms with Crippen LogP contribution in [0.5, 0.6) is 0 Å². The van der Waals surface area contributed by atoms with Crippen LogP contribution in [0.25, 0.3) is 11.1 Å². The second kappa shape index (κ2) is 10.6. The minimum absolute atomic E-state index is 0.0114. The molecule has 0 aromatic heterocycles. The molecule has 3 aromatic carbocycles. The fraction of sp³-hybridized carbons (Fsp3) is 0.375. The number of nitrogens with one attached hydrogen (secondary N) is 2. The van der Waals surface area contributed by atoms with E-state index in [1.54, 1.807) is 11.0 Å². The molecule has 210 valence electrons. The molecular formula is C32H34F3N3O2. The van der Waals surface area contributed by atoms with Gasteiger partial charge in [0.25, 0.3) is 0 Å². The quantitative estimate of drug-likeness (QED) is 0.374. The summed E-state index contributed by atoms with van der Waals surface area (Å²) in [6.07, 6.45) is -3.13. The Bertz CT molecular complexity index is 1410. The van der Waals surface area contributed by atoms with E-state index in [0.29, 0.717) is 25.1 Å². The van der Waals surface area contributed by atoms with Gasteiger partial charge < -0.3 is 15.5 Å². The van der Waals surface area contributed by atoms with Crippen LogP contribution in [-0.4, -0.2) is 28.9 Å². The lowest BCUT2D eigenvalue weighted by molar-refractivity contribution is -0.137. The fourth-order valence-corrected chi connectivity index (χ4v) is 5.48. The van der Waals surface area contributed by atoms with Crippen molar-refractivity contribution in [3.63, 3.8) is 0 Å². The van der Waals surface area contributed by atoms with Gasteiger partial charge in [-0.25, -0.2) is 4.79 Å². The maximum atomic E-state index is 13.5. The first-order valence-corrected chi connectivity index (χ1v) is 13.6. The summed E-state index contributed by atoms with van der Waals surface area (Å²) in [5, 5.41) is 6.07. The molecule has 1 aliphatic heterocycles. The summed E-state index contributed by atoms with van der Waals surface area (Å²) in [4.78, 5) is 27.7. The molecule has 1 fully saturated rings. The number of carbonyl (C=O) groups is 2. The molecule has 3 aromatic rings. The van der Waals surface area contributed by atoms with E-state index < -0.39 is 17.3 Å². The minimum Gasteiger partial charge on any atom is -0.352 e. The highest BCUT2D eigenvalue weighted by atomic mass is 19.4. The first kappa shape index (κ1) is 27.7. The van der Waals surface area contributed by atoms with Gasteiger partial charge in [-0.15, -0.1) is 0 Å². The summed E-state index contributed by atoms with van der Waals surface area (Å²) >= 11 is 0. The number of halogens is 3. The zero-order valence-corrected chi connectivity index (χ0v) is 22.9. The van der Waals surface area contributed by atoms with Crippen LogP contribution in [0.2, 0.25) is 0 Å². The van der Waals surface area contributed by atoms with Gasteiger partial charge in [-0.3, -0.25) is 4.79 Å². The summed E-state index contributed by atoms with van der Waals surface area (Å²) in [5.74, 6) is 0.134. The molecule has 1 heterocycles. The van der Waals surface area contributed by atoms with Gasteiger partial charge in [0.05, 0.1) is 5.56 Å². The van der Waals surface area contributed by atoms with Crippen molar-refractivity contribution >= 4 is 11.9 Å². The van der Waals surface area contributed by atoms with Crippen molar-refractivity contribution < 1.29 is 22.8 Å². The molecule has 40 heavy (non-hydrogen) atoms. The van der Waals surface area contributed by atoms with E-state index in [1.165, 1.54) is 12.1 Å². The van der Waals surface area contributed by atoms with E-state index in [0.717, 1.165) is 40.3 Å². The zero-order valence-electron chi connectivity index (χ0n) is 22.9. The molecule has 2 aliphatic rings. The third-order valence-corrected chi connectivity index (χ3v) is 7.59. The minimum atomic E-state index is -4.44. The molecule has 0 spiro atoms. The Labute approximate surface area is 232 Å². The largest absolute Gasteiger partial charge is 0.416 e. The number of alkyl halides is 3. The first-order chi connectivity index (χ1) is 18.9. The predicted molar refractivity (Wildman–Crippen MR) is 148 cm³/mol. The number of rotatable bonds is 5. The van der Waals surface area contributed by atoms with Crippen molar-refractivity contribution in [3.05, 3.63) is 94.5 Å². The predicted octanol–water partition coefficient (Wildman–Crippen LogP) is 6.66. The second-order valence-corrected chi connectivity index (χ2v) is 11.7. The van der Waals surface area contributed by atoms with Gasteiger partial charge in [-0.2, -0.15) is 13.2 Å². The van der Waals surface area contributed by atoms with Crippen LogP contribution < -0.4 is 10.6 Å². The lowest BCUT2D eigenvalue weighted by atomic mass is 9.87. The Morgan fingerprint density at radius 3 is 2.40 bits per heavy atom. The molecule has 2 N–H and O–H groups in total. The highest BCUT2D eigenvalue weighted by molar-refractivity contribution is 5.83. The smallest absolute Gasteiger partial charge is 0.352 e. The Kier molecular flexibility index (Phi) is 7.38. The number of benzene rings is 3. The van der Waals surface area contributed by atoms with E-state index in [2.05, 4.69) is 10.6 Å². The monoisotopic (exact) mass is 549 g/mol. The number of fused-ring (bicyclic) bond motifs is 1. The number of urea groups is 1. The van der Waals surface area contributed by atoms with Crippen LogP contribution in [0.15, 0.2) is 66.7 Å². The van der Waals surface area contributed by atoms with Crippen LogP contribution in [0.4, 0.5) is 18.0 Å². The highest BCUT2D eigenvalue weighted by Crippen LogP contribution is 2.47. The van der Waals surface area contributed by atoms with E-state index in [-0.39, 0.29) is 30.3 Å². The van der Waals surface area contributed by atoms with Gasteiger partial charge in [0.15, 0.2) is 0 Å². The van der Waals surface area contributed by atoms with Crippen LogP contribution in [0.3, 0.4) is 0 Å². The highest BCUT2D eigenvalue weighted by Gasteiger charge is 2.43. The van der Waals surface area contributed by atoms with Crippen molar-refractivity contribution in [2.24, 2.45) is 5.92 Å². The fourth-order valence-electron chi connectivity index (χ4n) is 5.48. The molecule has 3 amide bonds. The average molecular weight is 550 g/mol. The molecule has 1 aliphatic carbocycles. The summed E-state index contributed by atoms with van der Waals surface area (Å²) in [5.41, 5.74) is 3.91. The molecule has 8 heteroatoms. The topological polar surface area (TPSA) is 61.4 Å². The average Bonchev–Trinajstić information content (AvgIpc) is 3.72. The summed E-state index contributed by atoms with van der Waals surface area (Å²) < 4.78 is 40.4. The Morgan fingerprint density at radius 2 is 1.70 bits per heavy atom. The molecule has 0 radical (unpaired) electrons. The second-order valence-electron chi connectivity index (χ2n) is 11.7. The first-order valence-electron chi connectivity index (χ1n) is 13.6. The molecule has 5 rings (SSSR count). The SMILES string of the molecule is CC(C)(C)NC(=O)N1CCc2c(-c3cccc(C(F)(F)F)c3)ccc(CNC(=O)[C@H]3C[C@@H]3c3ccccc3)c2C1. The summed E-state index contributed by atoms with van der Waals surface area (Å²) in [6, 6.07) is 18.8. The van der Waals surface area contributed by atoms with Gasteiger partial charge in [0.2, 0.25) is 5.91 Å². The van der Waals surface area contributed by atoms with Crippen molar-refractivity contribution in [1.29, 1.82) is 0 Å². The molecule has 0 saturated heterocycles. The number of amides is 3. The molecule has 0 unspecified atom stereocenters. The Morgan fingerprint density at radius 1 is 0.950 bits per heavy atom. The zero-order chi connectivity index (χ0) is 28.7. The van der Waals surface area contributed by atoms with Gasteiger partial charge in [0.1, 0.15) is 0 Å². The van der Waals surface area contributed by atoms with Crippen LogP contribution >= 0.6 is 0 Å². The molecular weight excluding hydrogens is 515 g/mol. The Balaban J connectivity index is 1.41. The van der Waals surface area contributed by atoms with Crippen molar-refractivity contribution in [1.82, 2.24) is 15.5 Å². The van der Waals surface area contributed by atoms with E-state index in [1.807, 2.05) is 63.2 Å². The van der Waals surface area contributed by atoms with Crippen molar-refractivity contribution in [2.75, 3.05) is 6.54 Å². The Hall–Kier alpha value is -3.81. The third-order valence-electron chi connectivity index (χ3n) is 7.59. The van der Waals surface area contributed by atoms with E-state index in [9.17, 15) is 22.8 Å². The normalized spacial score (nSPS) is 18.6. The molecule has 1 saturated carbocycles. The molecule has 0 bridgehead atoms. The molecule has 5 nitrogen and oxygen atoms in total. The van der Waals surface area contributed by atoms with Crippen LogP contribution in [-0.2, 0) is 30.5 Å². The van der Waals surface area contributed by atoms with Crippen molar-refractivity contribution in [3.8, 4) is 11.1 Å². The third kappa shape index (κ3) is 6.16. The van der Waals surface area contributed by atoms with Gasteiger partial charge in [-0.1, -0.05) is 54.6 Å². The van der Waals surface area contributed by atoms with Gasteiger partial charge in [0, 0.05) is 31.1 Å². The lowest BCUT2D eigenvalue weighted by Crippen LogP contribution is -2.50. The number of nitrogens with zero attached hydrogens (tertiary/aromatic N) is 1. The maximum absolute atomic E-state index is 13.5. The van der Waals surface area contributed by atoms with Crippen molar-refractivity contribution in [2.45, 2.75) is 64.3 Å². The van der Waals surface area contributed by atoms with Crippen LogP contribution in [0, 0.1) is 5.92 Å². The summed E-state index contributed by atoms with van der Waals surface area (Å²) in [6.45, 7) is 6.78. The standard InChI is InChI=1S/C32H34F3N3O2/c1-31(2,3)37-30(40)38-15-14-25-24(21-10-7-11-23(16-21)32(33,34)35)13-12-22(28(25)19-38)18-36-29(39)27-17-26(27)20-8-5-4-6-9-20/h4-13,16,26-27H,14-15,17-19H2,1-3H3,(H,36,39)(H,37,40)/t26-,27+/m1/s1. The van der Waals surface area contributed by atoms with Crippen LogP contribution in [0.1, 0.15) is 60.9 Å². The van der Waals surface area contributed by atoms with Gasteiger partial charge >= 0.3 is 12.2 Å². The van der Waals surface area contributed by atoms with E-state index in [4.69, 9.17) is 0 Å². The van der Waals surface area contributed by atoms with Gasteiger partial charge in [-0.05, 0) is 85.0 Å². The van der Waals surface area contributed by atoms with E-state index >= 15 is 0 Å². The molecule has 2 atom stereocenters.